The predicted octanol–water partition coefficient (Wildman–Crippen LogP) is 2.31. The first-order valence-corrected chi connectivity index (χ1v) is 7.88. The minimum absolute atomic E-state index is 0.0843. The molecule has 3 rings (SSSR count). The molecule has 0 radical (unpaired) electrons. The van der Waals surface area contributed by atoms with Crippen LogP contribution in [-0.2, 0) is 0 Å². The molecule has 0 saturated carbocycles. The van der Waals surface area contributed by atoms with Crippen molar-refractivity contribution in [1.82, 2.24) is 14.9 Å². The van der Waals surface area contributed by atoms with E-state index in [1.165, 1.54) is 11.9 Å². The molecule has 1 aromatic heterocycles. The summed E-state index contributed by atoms with van der Waals surface area (Å²) in [5.74, 6) is -0.0843. The topological polar surface area (TPSA) is 58.1 Å². The largest absolute Gasteiger partial charge is 0.368 e. The van der Waals surface area contributed by atoms with E-state index in [9.17, 15) is 4.79 Å². The fourth-order valence-electron chi connectivity index (χ4n) is 2.33. The number of nitrogens with zero attached hydrogens (tertiary/aromatic N) is 3. The second-order valence-electron chi connectivity index (χ2n) is 4.64. The van der Waals surface area contributed by atoms with Gasteiger partial charge in [0.15, 0.2) is 0 Å². The number of benzene rings is 1. The van der Waals surface area contributed by atoms with Crippen LogP contribution in [0.25, 0.3) is 0 Å². The van der Waals surface area contributed by atoms with E-state index in [0.29, 0.717) is 4.88 Å². The van der Waals surface area contributed by atoms with Crippen molar-refractivity contribution in [3.05, 3.63) is 39.8 Å². The smallest absolute Gasteiger partial charge is 0.264 e. The summed E-state index contributed by atoms with van der Waals surface area (Å²) in [5, 5.41) is 6.72. The molecule has 2 heterocycles. The zero-order valence-electron chi connectivity index (χ0n) is 10.6. The molecule has 1 aliphatic rings. The lowest BCUT2D eigenvalue weighted by molar-refractivity contribution is 0.0944. The molecular weight excluding hydrogens is 340 g/mol. The maximum Gasteiger partial charge on any atom is 0.264 e. The molecule has 20 heavy (non-hydrogen) atoms. The Balaban J connectivity index is 1.63. The molecule has 1 aromatic carbocycles. The number of para-hydroxylation sites is 1. The molecule has 1 fully saturated rings. The molecule has 1 aliphatic heterocycles. The van der Waals surface area contributed by atoms with Crippen molar-refractivity contribution in [1.29, 1.82) is 0 Å². The first kappa shape index (κ1) is 13.5. The second kappa shape index (κ2) is 5.88. The summed E-state index contributed by atoms with van der Waals surface area (Å²) in [4.78, 5) is 14.8. The van der Waals surface area contributed by atoms with Gasteiger partial charge in [-0.3, -0.25) is 4.79 Å². The summed E-state index contributed by atoms with van der Waals surface area (Å²) in [6, 6.07) is 8.30. The number of hydrogen-bond donors (Lipinski definition) is 1. The van der Waals surface area contributed by atoms with Crippen LogP contribution < -0.4 is 10.2 Å². The highest BCUT2D eigenvalue weighted by Gasteiger charge is 2.25. The molecule has 1 amide bonds. The quantitative estimate of drug-likeness (QED) is 0.920. The monoisotopic (exact) mass is 352 g/mol. The van der Waals surface area contributed by atoms with Gasteiger partial charge in [0.05, 0.1) is 11.9 Å². The van der Waals surface area contributed by atoms with E-state index in [1.807, 2.05) is 18.2 Å². The average Bonchev–Trinajstić information content (AvgIpc) is 3.10. The third-order valence-corrected chi connectivity index (χ3v) is 4.64. The Morgan fingerprint density at radius 1 is 1.45 bits per heavy atom. The van der Waals surface area contributed by atoms with Crippen molar-refractivity contribution in [2.75, 3.05) is 18.0 Å². The van der Waals surface area contributed by atoms with Crippen molar-refractivity contribution < 1.29 is 4.79 Å². The van der Waals surface area contributed by atoms with Gasteiger partial charge in [-0.2, -0.15) is 0 Å². The molecule has 7 heteroatoms. The van der Waals surface area contributed by atoms with Crippen LogP contribution in [-0.4, -0.2) is 34.6 Å². The fourth-order valence-corrected chi connectivity index (χ4v) is 3.28. The average molecular weight is 353 g/mol. The van der Waals surface area contributed by atoms with Gasteiger partial charge < -0.3 is 10.2 Å². The van der Waals surface area contributed by atoms with E-state index in [1.54, 1.807) is 0 Å². The van der Waals surface area contributed by atoms with E-state index in [-0.39, 0.29) is 11.9 Å². The Morgan fingerprint density at radius 2 is 2.30 bits per heavy atom. The van der Waals surface area contributed by atoms with Crippen molar-refractivity contribution in [3.63, 3.8) is 0 Å². The maximum absolute atomic E-state index is 12.0. The molecule has 104 valence electrons. The minimum Gasteiger partial charge on any atom is -0.368 e. The molecular formula is C13H13BrN4OS. The standard InChI is InChI=1S/C13H13BrN4OS/c14-10-3-1-2-4-11(10)18-6-5-9(8-18)16-13(19)12-7-15-17-20-12/h1-4,7,9H,5-6,8H2,(H,16,19). The summed E-state index contributed by atoms with van der Waals surface area (Å²) in [6.07, 6.45) is 2.44. The highest BCUT2D eigenvalue weighted by atomic mass is 79.9. The molecule has 1 saturated heterocycles. The molecule has 0 aliphatic carbocycles. The number of hydrogen-bond acceptors (Lipinski definition) is 5. The highest BCUT2D eigenvalue weighted by Crippen LogP contribution is 2.28. The van der Waals surface area contributed by atoms with Gasteiger partial charge in [-0.25, -0.2) is 0 Å². The van der Waals surface area contributed by atoms with Gasteiger partial charge in [0.1, 0.15) is 4.88 Å². The number of nitrogens with one attached hydrogen (secondary N) is 1. The van der Waals surface area contributed by atoms with Gasteiger partial charge in [-0.05, 0) is 46.0 Å². The summed E-state index contributed by atoms with van der Waals surface area (Å²) in [7, 11) is 0. The maximum atomic E-state index is 12.0. The minimum atomic E-state index is -0.0843. The number of anilines is 1. The lowest BCUT2D eigenvalue weighted by Gasteiger charge is -2.20. The van der Waals surface area contributed by atoms with Crippen molar-refractivity contribution >= 4 is 39.1 Å². The number of carbonyl (C=O) groups excluding carboxylic acids is 1. The van der Waals surface area contributed by atoms with Crippen LogP contribution >= 0.6 is 27.5 Å². The second-order valence-corrected chi connectivity index (χ2v) is 6.28. The van der Waals surface area contributed by atoms with E-state index in [4.69, 9.17) is 0 Å². The number of rotatable bonds is 3. The summed E-state index contributed by atoms with van der Waals surface area (Å²) in [6.45, 7) is 1.76. The molecule has 0 spiro atoms. The van der Waals surface area contributed by atoms with E-state index in [2.05, 4.69) is 41.8 Å². The SMILES string of the molecule is O=C(NC1CCN(c2ccccc2Br)C1)c1cnns1. The van der Waals surface area contributed by atoms with Crippen LogP contribution in [0.1, 0.15) is 16.1 Å². The lowest BCUT2D eigenvalue weighted by Crippen LogP contribution is -2.36. The molecule has 1 unspecified atom stereocenters. The van der Waals surface area contributed by atoms with Crippen molar-refractivity contribution in [2.45, 2.75) is 12.5 Å². The number of halogens is 1. The molecule has 5 nitrogen and oxygen atoms in total. The lowest BCUT2D eigenvalue weighted by atomic mass is 10.2. The number of amides is 1. The third-order valence-electron chi connectivity index (χ3n) is 3.30. The van der Waals surface area contributed by atoms with E-state index in [0.717, 1.165) is 35.5 Å². The molecule has 1 atom stereocenters. The Hall–Kier alpha value is -1.47. The van der Waals surface area contributed by atoms with Crippen LogP contribution in [0.15, 0.2) is 34.9 Å². The van der Waals surface area contributed by atoms with Crippen LogP contribution in [0, 0.1) is 0 Å². The van der Waals surface area contributed by atoms with Gasteiger partial charge in [-0.1, -0.05) is 16.6 Å². The number of carbonyl (C=O) groups is 1. The zero-order chi connectivity index (χ0) is 13.9. The highest BCUT2D eigenvalue weighted by molar-refractivity contribution is 9.10. The van der Waals surface area contributed by atoms with E-state index < -0.39 is 0 Å². The third kappa shape index (κ3) is 2.83. The fraction of sp³-hybridized carbons (Fsp3) is 0.308. The van der Waals surface area contributed by atoms with Crippen LogP contribution in [0.2, 0.25) is 0 Å². The van der Waals surface area contributed by atoms with Gasteiger partial charge in [0, 0.05) is 23.6 Å². The zero-order valence-corrected chi connectivity index (χ0v) is 13.0. The molecule has 1 N–H and O–H groups in total. The Morgan fingerprint density at radius 3 is 3.05 bits per heavy atom. The van der Waals surface area contributed by atoms with Crippen molar-refractivity contribution in [2.24, 2.45) is 0 Å². The summed E-state index contributed by atoms with van der Waals surface area (Å²) in [5.41, 5.74) is 1.17. The first-order chi connectivity index (χ1) is 9.74. The summed E-state index contributed by atoms with van der Waals surface area (Å²) >= 11 is 4.68. The normalized spacial score (nSPS) is 18.2. The molecule has 2 aromatic rings. The van der Waals surface area contributed by atoms with E-state index >= 15 is 0 Å². The Kier molecular flexibility index (Phi) is 3.98. The van der Waals surface area contributed by atoms with Crippen LogP contribution in [0.5, 0.6) is 0 Å². The van der Waals surface area contributed by atoms with Gasteiger partial charge in [0.25, 0.3) is 5.91 Å². The Labute approximate surface area is 129 Å². The van der Waals surface area contributed by atoms with Crippen molar-refractivity contribution in [3.8, 4) is 0 Å². The predicted molar refractivity (Wildman–Crippen MR) is 82.1 cm³/mol. The van der Waals surface area contributed by atoms with Gasteiger partial charge in [-0.15, -0.1) is 5.10 Å². The van der Waals surface area contributed by atoms with Crippen LogP contribution in [0.3, 0.4) is 0 Å². The molecule has 0 bridgehead atoms. The van der Waals surface area contributed by atoms with Gasteiger partial charge >= 0.3 is 0 Å². The van der Waals surface area contributed by atoms with Crippen LogP contribution in [0.4, 0.5) is 5.69 Å². The summed E-state index contributed by atoms with van der Waals surface area (Å²) < 4.78 is 4.79. The number of aromatic nitrogens is 2. The van der Waals surface area contributed by atoms with Gasteiger partial charge in [0.2, 0.25) is 0 Å². The first-order valence-electron chi connectivity index (χ1n) is 6.32. The Bertz CT molecular complexity index is 604.